The Hall–Kier alpha value is -3.03. The van der Waals surface area contributed by atoms with Crippen LogP contribution in [0.15, 0.2) is 24.8 Å². The average molecular weight is 460 g/mol. The molecule has 2 N–H and O–H groups in total. The van der Waals surface area contributed by atoms with Crippen LogP contribution in [0.2, 0.25) is 0 Å². The monoisotopic (exact) mass is 459 g/mol. The van der Waals surface area contributed by atoms with E-state index in [0.717, 1.165) is 35.9 Å². The number of hydrogen-bond acceptors (Lipinski definition) is 10. The van der Waals surface area contributed by atoms with Crippen molar-refractivity contribution in [3.05, 3.63) is 24.8 Å². The third-order valence-corrected chi connectivity index (χ3v) is 7.07. The summed E-state index contributed by atoms with van der Waals surface area (Å²) in [6.07, 6.45) is 8.29. The minimum atomic E-state index is -3.20. The fourth-order valence-electron chi connectivity index (χ4n) is 4.04. The molecule has 12 nitrogen and oxygen atoms in total. The molecule has 170 valence electrons. The fourth-order valence-corrected chi connectivity index (χ4v) is 4.87. The summed E-state index contributed by atoms with van der Waals surface area (Å²) in [5.41, 5.74) is 7.85. The average Bonchev–Trinajstić information content (AvgIpc) is 3.23. The minimum absolute atomic E-state index is 0.204. The van der Waals surface area contributed by atoms with Gasteiger partial charge in [-0.15, -0.1) is 0 Å². The molecule has 5 heterocycles. The van der Waals surface area contributed by atoms with E-state index in [9.17, 15) is 8.42 Å². The molecular formula is C19H25N9O3S. The Kier molecular flexibility index (Phi) is 5.31. The summed E-state index contributed by atoms with van der Waals surface area (Å²) in [4.78, 5) is 22.1. The minimum Gasteiger partial charge on any atom is -0.378 e. The van der Waals surface area contributed by atoms with Gasteiger partial charge in [0.2, 0.25) is 16.0 Å². The topological polar surface area (TPSA) is 135 Å². The van der Waals surface area contributed by atoms with E-state index in [4.69, 9.17) is 15.5 Å². The Morgan fingerprint density at radius 2 is 1.62 bits per heavy atom. The molecule has 0 bridgehead atoms. The van der Waals surface area contributed by atoms with Gasteiger partial charge in [0.25, 0.3) is 0 Å². The van der Waals surface area contributed by atoms with Crippen LogP contribution in [0.1, 0.15) is 0 Å². The first-order valence-corrected chi connectivity index (χ1v) is 12.2. The number of morpholine rings is 1. The molecule has 0 unspecified atom stereocenters. The van der Waals surface area contributed by atoms with Crippen molar-refractivity contribution in [3.63, 3.8) is 0 Å². The molecule has 2 aliphatic heterocycles. The Balaban J connectivity index is 1.56. The zero-order valence-corrected chi connectivity index (χ0v) is 18.6. The number of nitrogen functional groups attached to an aromatic ring is 1. The lowest BCUT2D eigenvalue weighted by Gasteiger charge is -2.34. The van der Waals surface area contributed by atoms with E-state index in [2.05, 4.69) is 24.8 Å². The van der Waals surface area contributed by atoms with Crippen LogP contribution in [-0.4, -0.2) is 95.8 Å². The van der Waals surface area contributed by atoms with Crippen LogP contribution in [0, 0.1) is 0 Å². The first-order valence-electron chi connectivity index (χ1n) is 10.4. The van der Waals surface area contributed by atoms with Crippen LogP contribution in [0.5, 0.6) is 0 Å². The molecule has 2 fully saturated rings. The Labute approximate surface area is 185 Å². The molecule has 0 radical (unpaired) electrons. The van der Waals surface area contributed by atoms with Crippen LogP contribution >= 0.6 is 0 Å². The maximum atomic E-state index is 11.9. The van der Waals surface area contributed by atoms with Gasteiger partial charge in [0, 0.05) is 63.4 Å². The first kappa shape index (κ1) is 20.8. The van der Waals surface area contributed by atoms with E-state index in [0.29, 0.717) is 45.1 Å². The van der Waals surface area contributed by atoms with Crippen molar-refractivity contribution < 1.29 is 13.2 Å². The van der Waals surface area contributed by atoms with E-state index in [1.54, 1.807) is 12.4 Å². The zero-order valence-electron chi connectivity index (χ0n) is 17.8. The normalized spacial score (nSPS) is 18.4. The third-order valence-electron chi connectivity index (χ3n) is 5.76. The number of ether oxygens (including phenoxy) is 1. The van der Waals surface area contributed by atoms with E-state index in [1.165, 1.54) is 10.6 Å². The van der Waals surface area contributed by atoms with Gasteiger partial charge in [0.15, 0.2) is 11.5 Å². The lowest BCUT2D eigenvalue weighted by Crippen LogP contribution is -2.48. The lowest BCUT2D eigenvalue weighted by molar-refractivity contribution is 0.122. The maximum Gasteiger partial charge on any atom is 0.219 e. The second kappa shape index (κ2) is 8.15. The lowest BCUT2D eigenvalue weighted by atomic mass is 10.2. The van der Waals surface area contributed by atoms with E-state index in [1.807, 2.05) is 16.8 Å². The number of piperazine rings is 1. The molecule has 5 rings (SSSR count). The van der Waals surface area contributed by atoms with E-state index >= 15 is 0 Å². The van der Waals surface area contributed by atoms with Crippen molar-refractivity contribution in [2.45, 2.75) is 0 Å². The number of hydrogen-bond donors (Lipinski definition) is 1. The highest BCUT2D eigenvalue weighted by Crippen LogP contribution is 2.29. The van der Waals surface area contributed by atoms with Crippen molar-refractivity contribution >= 4 is 33.3 Å². The molecule has 2 saturated heterocycles. The van der Waals surface area contributed by atoms with Gasteiger partial charge in [0.1, 0.15) is 5.82 Å². The molecule has 32 heavy (non-hydrogen) atoms. The molecule has 0 aromatic carbocycles. The molecule has 0 spiro atoms. The second-order valence-electron chi connectivity index (χ2n) is 7.84. The van der Waals surface area contributed by atoms with Crippen LogP contribution in [0.3, 0.4) is 0 Å². The summed E-state index contributed by atoms with van der Waals surface area (Å²) in [7, 11) is -3.20. The Morgan fingerprint density at radius 3 is 2.28 bits per heavy atom. The molecular weight excluding hydrogens is 434 g/mol. The van der Waals surface area contributed by atoms with Gasteiger partial charge in [-0.1, -0.05) is 0 Å². The molecule has 2 aliphatic rings. The van der Waals surface area contributed by atoms with Crippen molar-refractivity contribution in [2.75, 3.05) is 74.3 Å². The smallest absolute Gasteiger partial charge is 0.219 e. The number of anilines is 3. The summed E-state index contributed by atoms with van der Waals surface area (Å²) >= 11 is 0. The highest BCUT2D eigenvalue weighted by Gasteiger charge is 2.27. The van der Waals surface area contributed by atoms with Gasteiger partial charge in [-0.2, -0.15) is 4.31 Å². The summed E-state index contributed by atoms with van der Waals surface area (Å²) in [6, 6.07) is 0. The fraction of sp³-hybridized carbons (Fsp3) is 0.474. The summed E-state index contributed by atoms with van der Waals surface area (Å²) in [5.74, 6) is 1.86. The first-order chi connectivity index (χ1) is 15.4. The van der Waals surface area contributed by atoms with Gasteiger partial charge < -0.3 is 20.3 Å². The van der Waals surface area contributed by atoms with Gasteiger partial charge >= 0.3 is 0 Å². The number of nitrogens with two attached hydrogens (primary N) is 1. The number of aromatic nitrogens is 5. The molecule has 0 aliphatic carbocycles. The Morgan fingerprint density at radius 1 is 0.938 bits per heavy atom. The maximum absolute atomic E-state index is 11.9. The molecule has 3 aromatic heterocycles. The highest BCUT2D eigenvalue weighted by molar-refractivity contribution is 7.88. The molecule has 0 atom stereocenters. The largest absolute Gasteiger partial charge is 0.378 e. The number of sulfonamides is 1. The second-order valence-corrected chi connectivity index (χ2v) is 9.82. The van der Waals surface area contributed by atoms with E-state index < -0.39 is 10.0 Å². The van der Waals surface area contributed by atoms with Gasteiger partial charge in [-0.3, -0.25) is 4.40 Å². The number of fused-ring (bicyclic) bond motifs is 1. The molecule has 0 saturated carbocycles. The van der Waals surface area contributed by atoms with Gasteiger partial charge in [-0.05, 0) is 0 Å². The van der Waals surface area contributed by atoms with E-state index in [-0.39, 0.29) is 5.95 Å². The van der Waals surface area contributed by atoms with Crippen molar-refractivity contribution in [3.8, 4) is 11.3 Å². The van der Waals surface area contributed by atoms with Crippen LogP contribution < -0.4 is 15.5 Å². The number of nitrogens with zero attached hydrogens (tertiary/aromatic N) is 8. The summed E-state index contributed by atoms with van der Waals surface area (Å²) in [5, 5.41) is 0. The van der Waals surface area contributed by atoms with Gasteiger partial charge in [-0.25, -0.2) is 28.4 Å². The quantitative estimate of drug-likeness (QED) is 0.553. The predicted molar refractivity (Wildman–Crippen MR) is 120 cm³/mol. The van der Waals surface area contributed by atoms with Crippen molar-refractivity contribution in [2.24, 2.45) is 0 Å². The van der Waals surface area contributed by atoms with Crippen molar-refractivity contribution in [1.82, 2.24) is 28.6 Å². The molecule has 3 aromatic rings. The third kappa shape index (κ3) is 3.94. The Bertz CT molecular complexity index is 1210. The highest BCUT2D eigenvalue weighted by atomic mass is 32.2. The van der Waals surface area contributed by atoms with Crippen LogP contribution in [0.25, 0.3) is 16.9 Å². The number of imidazole rings is 1. The van der Waals surface area contributed by atoms with Crippen LogP contribution in [-0.2, 0) is 14.8 Å². The van der Waals surface area contributed by atoms with Crippen LogP contribution in [0.4, 0.5) is 17.6 Å². The van der Waals surface area contributed by atoms with Crippen molar-refractivity contribution in [1.29, 1.82) is 0 Å². The summed E-state index contributed by atoms with van der Waals surface area (Å²) in [6.45, 7) is 4.73. The summed E-state index contributed by atoms with van der Waals surface area (Å²) < 4.78 is 32.8. The standard InChI is InChI=1S/C19H25N9O3S/c1-32(29,30)27-4-2-25(3-5-27)16-12-21-17-18(26-6-8-31-9-7-26)24-15(13-28(16)17)14-10-22-19(20)23-11-14/h10-13H,2-9H2,1H3,(H2,20,22,23). The zero-order chi connectivity index (χ0) is 22.3. The van der Waals surface area contributed by atoms with Gasteiger partial charge in [0.05, 0.1) is 31.4 Å². The molecule has 13 heteroatoms. The predicted octanol–water partition coefficient (Wildman–Crippen LogP) is -0.313. The SMILES string of the molecule is CS(=O)(=O)N1CCN(c2cnc3c(N4CCOCC4)nc(-c4cnc(N)nc4)cn23)CC1. The molecule has 0 amide bonds. The number of rotatable bonds is 4.